The van der Waals surface area contributed by atoms with Gasteiger partial charge in [0.25, 0.3) is 0 Å². The lowest BCUT2D eigenvalue weighted by molar-refractivity contribution is 0.494. The molecule has 0 bridgehead atoms. The first-order valence-electron chi connectivity index (χ1n) is 5.57. The highest BCUT2D eigenvalue weighted by atomic mass is 35.5. The molecule has 84 valence electrons. The molecule has 0 aromatic heterocycles. The van der Waals surface area contributed by atoms with Crippen LogP contribution in [-0.2, 0) is 0 Å². The second-order valence-corrected chi connectivity index (χ2v) is 4.69. The summed E-state index contributed by atoms with van der Waals surface area (Å²) in [5.74, 6) is 0.671. The third-order valence-electron chi connectivity index (χ3n) is 3.06. The van der Waals surface area contributed by atoms with E-state index in [1.807, 2.05) is 19.1 Å². The van der Waals surface area contributed by atoms with Crippen LogP contribution < -0.4 is 5.32 Å². The van der Waals surface area contributed by atoms with E-state index in [1.165, 1.54) is 6.42 Å². The zero-order valence-electron chi connectivity index (χ0n) is 9.97. The fourth-order valence-corrected chi connectivity index (χ4v) is 1.62. The number of halogens is 1. The first kappa shape index (κ1) is 12.4. The first-order chi connectivity index (χ1) is 7.04. The normalized spacial score (nSPS) is 14.7. The van der Waals surface area contributed by atoms with Crippen LogP contribution in [0.4, 0.5) is 5.69 Å². The largest absolute Gasteiger partial charge is 0.382 e. The van der Waals surface area contributed by atoms with Gasteiger partial charge in [-0.15, -0.1) is 0 Å². The van der Waals surface area contributed by atoms with Crippen molar-refractivity contribution < 1.29 is 0 Å². The smallest absolute Gasteiger partial charge is 0.0455 e. The molecule has 2 heteroatoms. The Morgan fingerprint density at radius 3 is 2.53 bits per heavy atom. The predicted molar refractivity (Wildman–Crippen MR) is 68.7 cm³/mol. The molecular formula is C13H20ClN. The lowest BCUT2D eigenvalue weighted by Gasteiger charge is -2.21. The highest BCUT2D eigenvalue weighted by molar-refractivity contribution is 6.31. The first-order valence-corrected chi connectivity index (χ1v) is 5.95. The van der Waals surface area contributed by atoms with Crippen LogP contribution in [0.1, 0.15) is 32.8 Å². The number of rotatable bonds is 4. The standard InChI is InChI=1S/C13H20ClN/c1-5-9(2)11(4)15-12-7-6-10(3)13(14)8-12/h6-9,11,15H,5H2,1-4H3. The Hall–Kier alpha value is -0.690. The van der Waals surface area contributed by atoms with Gasteiger partial charge in [0.1, 0.15) is 0 Å². The Bertz CT molecular complexity index is 322. The molecule has 0 aliphatic carbocycles. The second kappa shape index (κ2) is 5.41. The molecule has 0 saturated heterocycles. The van der Waals surface area contributed by atoms with Gasteiger partial charge >= 0.3 is 0 Å². The average Bonchev–Trinajstić information content (AvgIpc) is 2.22. The van der Waals surface area contributed by atoms with Crippen LogP contribution in [0.2, 0.25) is 5.02 Å². The molecule has 0 fully saturated rings. The highest BCUT2D eigenvalue weighted by Crippen LogP contribution is 2.22. The Morgan fingerprint density at radius 2 is 2.00 bits per heavy atom. The third kappa shape index (κ3) is 3.42. The second-order valence-electron chi connectivity index (χ2n) is 4.28. The summed E-state index contributed by atoms with van der Waals surface area (Å²) in [7, 11) is 0. The zero-order valence-corrected chi connectivity index (χ0v) is 10.7. The van der Waals surface area contributed by atoms with Crippen LogP contribution >= 0.6 is 11.6 Å². The molecule has 0 spiro atoms. The molecule has 1 nitrogen and oxygen atoms in total. The molecule has 0 heterocycles. The van der Waals surface area contributed by atoms with Crippen LogP contribution in [0.5, 0.6) is 0 Å². The van der Waals surface area contributed by atoms with Gasteiger partial charge in [0.15, 0.2) is 0 Å². The summed E-state index contributed by atoms with van der Waals surface area (Å²) in [6, 6.07) is 6.61. The molecule has 0 radical (unpaired) electrons. The van der Waals surface area contributed by atoms with E-state index in [2.05, 4.69) is 32.2 Å². The number of nitrogens with one attached hydrogen (secondary N) is 1. The van der Waals surface area contributed by atoms with Gasteiger partial charge in [0.05, 0.1) is 0 Å². The van der Waals surface area contributed by atoms with Gasteiger partial charge in [-0.3, -0.25) is 0 Å². The van der Waals surface area contributed by atoms with Crippen molar-refractivity contribution in [2.45, 2.75) is 40.2 Å². The van der Waals surface area contributed by atoms with Gasteiger partial charge in [-0.25, -0.2) is 0 Å². The van der Waals surface area contributed by atoms with Gasteiger partial charge in [-0.1, -0.05) is 37.9 Å². The van der Waals surface area contributed by atoms with Crippen LogP contribution in [-0.4, -0.2) is 6.04 Å². The molecular weight excluding hydrogens is 206 g/mol. The van der Waals surface area contributed by atoms with Crippen molar-refractivity contribution >= 4 is 17.3 Å². The van der Waals surface area contributed by atoms with Crippen molar-refractivity contribution in [3.05, 3.63) is 28.8 Å². The molecule has 0 amide bonds. The summed E-state index contributed by atoms with van der Waals surface area (Å²) in [5, 5.41) is 4.31. The minimum Gasteiger partial charge on any atom is -0.382 e. The molecule has 1 aromatic rings. The van der Waals surface area contributed by atoms with Crippen LogP contribution in [0.25, 0.3) is 0 Å². The van der Waals surface area contributed by atoms with E-state index >= 15 is 0 Å². The fourth-order valence-electron chi connectivity index (χ4n) is 1.44. The summed E-state index contributed by atoms with van der Waals surface area (Å²) in [6.45, 7) is 8.70. The summed E-state index contributed by atoms with van der Waals surface area (Å²) >= 11 is 6.07. The maximum absolute atomic E-state index is 6.07. The lowest BCUT2D eigenvalue weighted by Crippen LogP contribution is -2.23. The summed E-state index contributed by atoms with van der Waals surface area (Å²) in [4.78, 5) is 0. The number of anilines is 1. The summed E-state index contributed by atoms with van der Waals surface area (Å²) in [5.41, 5.74) is 2.23. The van der Waals surface area contributed by atoms with Crippen molar-refractivity contribution in [2.75, 3.05) is 5.32 Å². The maximum atomic E-state index is 6.07. The van der Waals surface area contributed by atoms with Gasteiger partial charge in [-0.2, -0.15) is 0 Å². The Kier molecular flexibility index (Phi) is 4.46. The average molecular weight is 226 g/mol. The van der Waals surface area contributed by atoms with E-state index in [-0.39, 0.29) is 0 Å². The van der Waals surface area contributed by atoms with Crippen molar-refractivity contribution in [3.63, 3.8) is 0 Å². The highest BCUT2D eigenvalue weighted by Gasteiger charge is 2.09. The van der Waals surface area contributed by atoms with E-state index in [9.17, 15) is 0 Å². The predicted octanol–water partition coefficient (Wildman–Crippen LogP) is 4.49. The number of hydrogen-bond acceptors (Lipinski definition) is 1. The number of hydrogen-bond donors (Lipinski definition) is 1. The van der Waals surface area contributed by atoms with E-state index in [4.69, 9.17) is 11.6 Å². The quantitative estimate of drug-likeness (QED) is 0.796. The molecule has 1 aromatic carbocycles. The number of benzene rings is 1. The fraction of sp³-hybridized carbons (Fsp3) is 0.538. The monoisotopic (exact) mass is 225 g/mol. The van der Waals surface area contributed by atoms with E-state index in [0.29, 0.717) is 12.0 Å². The van der Waals surface area contributed by atoms with Crippen molar-refractivity contribution in [1.82, 2.24) is 0 Å². The minimum atomic E-state index is 0.480. The van der Waals surface area contributed by atoms with Gasteiger partial charge in [0.2, 0.25) is 0 Å². The Labute approximate surface area is 97.8 Å². The molecule has 2 unspecified atom stereocenters. The van der Waals surface area contributed by atoms with Crippen LogP contribution in [0.3, 0.4) is 0 Å². The van der Waals surface area contributed by atoms with E-state index < -0.39 is 0 Å². The third-order valence-corrected chi connectivity index (χ3v) is 3.47. The molecule has 0 saturated carbocycles. The van der Waals surface area contributed by atoms with Crippen LogP contribution in [0, 0.1) is 12.8 Å². The topological polar surface area (TPSA) is 12.0 Å². The maximum Gasteiger partial charge on any atom is 0.0455 e. The SMILES string of the molecule is CCC(C)C(C)Nc1ccc(C)c(Cl)c1. The van der Waals surface area contributed by atoms with Crippen molar-refractivity contribution in [1.29, 1.82) is 0 Å². The number of aryl methyl sites for hydroxylation is 1. The van der Waals surface area contributed by atoms with Gasteiger partial charge in [-0.05, 0) is 37.5 Å². The zero-order chi connectivity index (χ0) is 11.4. The summed E-state index contributed by atoms with van der Waals surface area (Å²) in [6.07, 6.45) is 1.19. The lowest BCUT2D eigenvalue weighted by atomic mass is 10.0. The molecule has 2 atom stereocenters. The van der Waals surface area contributed by atoms with Crippen LogP contribution in [0.15, 0.2) is 18.2 Å². The summed E-state index contributed by atoms with van der Waals surface area (Å²) < 4.78 is 0. The molecule has 0 aliphatic heterocycles. The van der Waals surface area contributed by atoms with E-state index in [0.717, 1.165) is 16.3 Å². The Balaban J connectivity index is 2.68. The molecule has 15 heavy (non-hydrogen) atoms. The molecule has 0 aliphatic rings. The minimum absolute atomic E-state index is 0.480. The van der Waals surface area contributed by atoms with Gasteiger partial charge < -0.3 is 5.32 Å². The van der Waals surface area contributed by atoms with Crippen molar-refractivity contribution in [3.8, 4) is 0 Å². The van der Waals surface area contributed by atoms with E-state index in [1.54, 1.807) is 0 Å². The Morgan fingerprint density at radius 1 is 1.33 bits per heavy atom. The van der Waals surface area contributed by atoms with Gasteiger partial charge in [0, 0.05) is 16.8 Å². The molecule has 1 rings (SSSR count). The molecule has 1 N–H and O–H groups in total. The van der Waals surface area contributed by atoms with Crippen molar-refractivity contribution in [2.24, 2.45) is 5.92 Å².